The third kappa shape index (κ3) is 6.53. The van der Waals surface area contributed by atoms with Crippen LogP contribution in [0.2, 0.25) is 0 Å². The van der Waals surface area contributed by atoms with E-state index in [0.717, 1.165) is 25.7 Å². The molecule has 39 heavy (non-hydrogen) atoms. The predicted molar refractivity (Wildman–Crippen MR) is 151 cm³/mol. The molecule has 1 fully saturated rings. The van der Waals surface area contributed by atoms with E-state index < -0.39 is 11.2 Å². The molecule has 210 valence electrons. The molecule has 2 N–H and O–H groups in total. The molecule has 1 saturated carbocycles. The second-order valence-electron chi connectivity index (χ2n) is 12.0. The number of rotatable bonds is 7. The fraction of sp³-hybridized carbons (Fsp3) is 0.469. The Morgan fingerprint density at radius 3 is 2.08 bits per heavy atom. The normalized spacial score (nSPS) is 18.2. The van der Waals surface area contributed by atoms with E-state index in [4.69, 9.17) is 9.47 Å². The number of hydrogen-bond donors (Lipinski definition) is 2. The maximum absolute atomic E-state index is 14.0. The van der Waals surface area contributed by atoms with Crippen molar-refractivity contribution in [3.05, 3.63) is 75.5 Å². The first-order valence-corrected chi connectivity index (χ1v) is 13.5. The average molecular weight is 538 g/mol. The number of aromatic nitrogens is 1. The Kier molecular flexibility index (Phi) is 7.97. The van der Waals surface area contributed by atoms with Crippen LogP contribution in [0.3, 0.4) is 0 Å². The zero-order valence-electron chi connectivity index (χ0n) is 24.0. The molecule has 1 heterocycles. The van der Waals surface area contributed by atoms with Gasteiger partial charge in [0, 0.05) is 30.4 Å². The van der Waals surface area contributed by atoms with Crippen LogP contribution in [0.4, 0.5) is 4.39 Å². The number of nitrogens with zero attached hydrogens (tertiary/aromatic N) is 1. The molecule has 0 amide bonds. The van der Waals surface area contributed by atoms with Crippen LogP contribution in [-0.4, -0.2) is 26.5 Å². The van der Waals surface area contributed by atoms with Crippen LogP contribution in [0.15, 0.2) is 47.4 Å². The van der Waals surface area contributed by atoms with Crippen molar-refractivity contribution >= 4 is 0 Å². The summed E-state index contributed by atoms with van der Waals surface area (Å²) in [5.41, 5.74) is 1.23. The number of aliphatic hydroxyl groups is 2. The lowest BCUT2D eigenvalue weighted by molar-refractivity contribution is -0.0151. The molecule has 2 aromatic carbocycles. The molecular weight excluding hydrogens is 497 g/mol. The van der Waals surface area contributed by atoms with Crippen molar-refractivity contribution in [1.29, 1.82) is 0 Å². The van der Waals surface area contributed by atoms with Crippen LogP contribution in [-0.2, 0) is 12.6 Å². The molecule has 3 aromatic rings. The van der Waals surface area contributed by atoms with Crippen molar-refractivity contribution in [1.82, 2.24) is 4.57 Å². The topological polar surface area (TPSA) is 80.9 Å². The summed E-state index contributed by atoms with van der Waals surface area (Å²) in [5.74, 6) is 1.35. The van der Waals surface area contributed by atoms with Crippen LogP contribution in [0.1, 0.15) is 70.1 Å². The summed E-state index contributed by atoms with van der Waals surface area (Å²) in [4.78, 5) is 12.7. The SMILES string of the molecule is Cc1cc(F)cc(C)c1Oc1ccc(C(C)(C)O)cc1-c1cn(C)c(=O)cc1OC1CCC(C(C)(C)O)CC1. The molecule has 1 aliphatic rings. The minimum atomic E-state index is -1.12. The number of ether oxygens (including phenoxy) is 2. The molecule has 1 aromatic heterocycles. The Hall–Kier alpha value is -3.16. The number of hydrogen-bond acceptors (Lipinski definition) is 5. The van der Waals surface area contributed by atoms with E-state index in [2.05, 4.69) is 0 Å². The van der Waals surface area contributed by atoms with Crippen molar-refractivity contribution in [2.75, 3.05) is 0 Å². The lowest BCUT2D eigenvalue weighted by Crippen LogP contribution is -2.36. The summed E-state index contributed by atoms with van der Waals surface area (Å²) >= 11 is 0. The van der Waals surface area contributed by atoms with E-state index in [9.17, 15) is 19.4 Å². The van der Waals surface area contributed by atoms with Crippen LogP contribution in [0.5, 0.6) is 17.2 Å². The summed E-state index contributed by atoms with van der Waals surface area (Å²) in [6.07, 6.45) is 4.83. The smallest absolute Gasteiger partial charge is 0.254 e. The minimum absolute atomic E-state index is 0.0992. The van der Waals surface area contributed by atoms with Crippen molar-refractivity contribution in [2.45, 2.75) is 84.5 Å². The summed E-state index contributed by atoms with van der Waals surface area (Å²) in [6, 6.07) is 9.78. The van der Waals surface area contributed by atoms with Gasteiger partial charge < -0.3 is 24.3 Å². The van der Waals surface area contributed by atoms with E-state index in [1.165, 1.54) is 22.8 Å². The third-order valence-corrected chi connectivity index (χ3v) is 7.77. The van der Waals surface area contributed by atoms with Crippen molar-refractivity contribution in [2.24, 2.45) is 13.0 Å². The highest BCUT2D eigenvalue weighted by Gasteiger charge is 2.32. The monoisotopic (exact) mass is 537 g/mol. The summed E-state index contributed by atoms with van der Waals surface area (Å²) in [7, 11) is 1.68. The molecule has 6 nitrogen and oxygen atoms in total. The quantitative estimate of drug-likeness (QED) is 0.358. The second-order valence-corrected chi connectivity index (χ2v) is 12.0. The number of aryl methyl sites for hydroxylation is 3. The average Bonchev–Trinajstić information content (AvgIpc) is 2.83. The van der Waals surface area contributed by atoms with Gasteiger partial charge in [0.1, 0.15) is 23.1 Å². The molecule has 7 heteroatoms. The zero-order chi connectivity index (χ0) is 28.7. The highest BCUT2D eigenvalue weighted by atomic mass is 19.1. The van der Waals surface area contributed by atoms with Crippen LogP contribution in [0, 0.1) is 25.6 Å². The Bertz CT molecular complexity index is 1380. The van der Waals surface area contributed by atoms with Gasteiger partial charge in [-0.05, 0) is 114 Å². The third-order valence-electron chi connectivity index (χ3n) is 7.77. The van der Waals surface area contributed by atoms with E-state index in [1.807, 2.05) is 19.9 Å². The van der Waals surface area contributed by atoms with E-state index in [-0.39, 0.29) is 23.4 Å². The first-order valence-electron chi connectivity index (χ1n) is 13.5. The fourth-order valence-electron chi connectivity index (χ4n) is 5.36. The van der Waals surface area contributed by atoms with E-state index >= 15 is 0 Å². The van der Waals surface area contributed by atoms with Gasteiger partial charge in [0.15, 0.2) is 0 Å². The molecule has 4 rings (SSSR count). The van der Waals surface area contributed by atoms with Gasteiger partial charge in [-0.3, -0.25) is 4.79 Å². The zero-order valence-corrected chi connectivity index (χ0v) is 24.0. The van der Waals surface area contributed by atoms with E-state index in [1.54, 1.807) is 53.1 Å². The van der Waals surface area contributed by atoms with Gasteiger partial charge in [-0.15, -0.1) is 0 Å². The van der Waals surface area contributed by atoms with Gasteiger partial charge in [0.25, 0.3) is 5.56 Å². The van der Waals surface area contributed by atoms with Crippen molar-refractivity contribution in [3.63, 3.8) is 0 Å². The Balaban J connectivity index is 1.79. The first-order chi connectivity index (χ1) is 18.1. The maximum Gasteiger partial charge on any atom is 0.254 e. The standard InChI is InChI=1S/C32H40FNO5/c1-19-14-23(33)15-20(2)30(19)39-27-13-10-22(32(5,6)37)16-25(27)26-18-34(7)29(35)17-28(26)38-24-11-8-21(9-12-24)31(3,4)36/h10,13-18,21,24,36-37H,8-9,11-12H2,1-7H3. The largest absolute Gasteiger partial charge is 0.490 e. The highest BCUT2D eigenvalue weighted by molar-refractivity contribution is 5.76. The summed E-state index contributed by atoms with van der Waals surface area (Å²) in [5, 5.41) is 21.2. The molecular formula is C32H40FNO5. The second kappa shape index (κ2) is 10.8. The first kappa shape index (κ1) is 28.8. The molecule has 0 aliphatic heterocycles. The van der Waals surface area contributed by atoms with Gasteiger partial charge >= 0.3 is 0 Å². The van der Waals surface area contributed by atoms with Gasteiger partial charge in [-0.2, -0.15) is 0 Å². The summed E-state index contributed by atoms with van der Waals surface area (Å²) in [6.45, 7) is 10.7. The van der Waals surface area contributed by atoms with Crippen molar-refractivity contribution < 1.29 is 24.1 Å². The van der Waals surface area contributed by atoms with Gasteiger partial charge in [-0.1, -0.05) is 6.07 Å². The van der Waals surface area contributed by atoms with Crippen LogP contribution >= 0.6 is 0 Å². The van der Waals surface area contributed by atoms with Gasteiger partial charge in [0.05, 0.1) is 17.3 Å². The molecule has 0 spiro atoms. The highest BCUT2D eigenvalue weighted by Crippen LogP contribution is 2.43. The molecule has 0 unspecified atom stereocenters. The molecule has 0 atom stereocenters. The van der Waals surface area contributed by atoms with Crippen LogP contribution in [0.25, 0.3) is 11.1 Å². The number of halogens is 1. The lowest BCUT2D eigenvalue weighted by atomic mass is 9.78. The van der Waals surface area contributed by atoms with Crippen molar-refractivity contribution in [3.8, 4) is 28.4 Å². The Labute approximate surface area is 230 Å². The molecule has 0 radical (unpaired) electrons. The number of benzene rings is 2. The summed E-state index contributed by atoms with van der Waals surface area (Å²) < 4.78 is 28.3. The van der Waals surface area contributed by atoms with Gasteiger partial charge in [0.2, 0.25) is 0 Å². The van der Waals surface area contributed by atoms with Gasteiger partial charge in [-0.25, -0.2) is 4.39 Å². The Morgan fingerprint density at radius 1 is 0.897 bits per heavy atom. The number of pyridine rings is 1. The fourth-order valence-corrected chi connectivity index (χ4v) is 5.36. The lowest BCUT2D eigenvalue weighted by Gasteiger charge is -2.36. The van der Waals surface area contributed by atoms with E-state index in [0.29, 0.717) is 45.1 Å². The molecule has 1 aliphatic carbocycles. The minimum Gasteiger partial charge on any atom is -0.490 e. The predicted octanol–water partition coefficient (Wildman–Crippen LogP) is 6.54. The molecule has 0 bridgehead atoms. The Morgan fingerprint density at radius 2 is 1.51 bits per heavy atom. The van der Waals surface area contributed by atoms with Crippen LogP contribution < -0.4 is 15.0 Å². The maximum atomic E-state index is 14.0. The molecule has 0 saturated heterocycles.